The van der Waals surface area contributed by atoms with Crippen LogP contribution in [0.3, 0.4) is 0 Å². The third kappa shape index (κ3) is 2.37. The fourth-order valence-electron chi connectivity index (χ4n) is 0.611. The zero-order valence-corrected chi connectivity index (χ0v) is 6.15. The third-order valence-electron chi connectivity index (χ3n) is 1.11. The van der Waals surface area contributed by atoms with Gasteiger partial charge in [-0.2, -0.15) is 0 Å². The Morgan fingerprint density at radius 2 is 2.42 bits per heavy atom. The SMILES string of the molecule is NC(=O)C=Cc1c[nH]c(=O)cn1. The van der Waals surface area contributed by atoms with E-state index in [0.717, 1.165) is 6.20 Å². The van der Waals surface area contributed by atoms with E-state index in [9.17, 15) is 9.59 Å². The quantitative estimate of drug-likeness (QED) is 0.566. The Bertz CT molecular complexity index is 347. The molecule has 0 aliphatic rings. The second kappa shape index (κ2) is 3.47. The van der Waals surface area contributed by atoms with Crippen LogP contribution in [0.4, 0.5) is 0 Å². The molecule has 0 unspecified atom stereocenters. The van der Waals surface area contributed by atoms with Gasteiger partial charge in [0.25, 0.3) is 5.56 Å². The molecule has 0 spiro atoms. The number of hydrogen-bond acceptors (Lipinski definition) is 3. The molecule has 12 heavy (non-hydrogen) atoms. The van der Waals surface area contributed by atoms with Gasteiger partial charge in [0.1, 0.15) is 0 Å². The first-order valence-electron chi connectivity index (χ1n) is 3.21. The van der Waals surface area contributed by atoms with Gasteiger partial charge in [-0.25, -0.2) is 4.98 Å². The highest BCUT2D eigenvalue weighted by atomic mass is 16.1. The molecular formula is C7H7N3O2. The second-order valence-electron chi connectivity index (χ2n) is 2.07. The second-order valence-corrected chi connectivity index (χ2v) is 2.07. The number of nitrogens with zero attached hydrogens (tertiary/aromatic N) is 1. The van der Waals surface area contributed by atoms with Gasteiger partial charge in [0.2, 0.25) is 5.91 Å². The van der Waals surface area contributed by atoms with Gasteiger partial charge >= 0.3 is 0 Å². The van der Waals surface area contributed by atoms with Crippen LogP contribution in [0.2, 0.25) is 0 Å². The summed E-state index contributed by atoms with van der Waals surface area (Å²) < 4.78 is 0. The topological polar surface area (TPSA) is 88.8 Å². The smallest absolute Gasteiger partial charge is 0.266 e. The molecule has 3 N–H and O–H groups in total. The van der Waals surface area contributed by atoms with Crippen molar-refractivity contribution in [2.75, 3.05) is 0 Å². The molecule has 0 aliphatic heterocycles. The Balaban J connectivity index is 2.84. The predicted octanol–water partition coefficient (Wildman–Crippen LogP) is -0.732. The van der Waals surface area contributed by atoms with Crippen molar-refractivity contribution in [3.8, 4) is 0 Å². The molecule has 5 nitrogen and oxygen atoms in total. The van der Waals surface area contributed by atoms with Crippen LogP contribution in [0.25, 0.3) is 6.08 Å². The Morgan fingerprint density at radius 1 is 1.67 bits per heavy atom. The Kier molecular flexibility index (Phi) is 2.37. The van der Waals surface area contributed by atoms with Crippen LogP contribution in [0.15, 0.2) is 23.3 Å². The van der Waals surface area contributed by atoms with Crippen LogP contribution in [0.5, 0.6) is 0 Å². The number of rotatable bonds is 2. The van der Waals surface area contributed by atoms with Crippen LogP contribution in [0, 0.1) is 0 Å². The molecule has 0 bridgehead atoms. The van der Waals surface area contributed by atoms with Gasteiger partial charge in [-0.15, -0.1) is 0 Å². The van der Waals surface area contributed by atoms with Crippen LogP contribution >= 0.6 is 0 Å². The minimum Gasteiger partial charge on any atom is -0.366 e. The first-order chi connectivity index (χ1) is 5.68. The molecule has 0 saturated heterocycles. The average Bonchev–Trinajstić information content (AvgIpc) is 2.03. The van der Waals surface area contributed by atoms with Gasteiger partial charge in [0.05, 0.1) is 11.9 Å². The molecule has 0 atom stereocenters. The van der Waals surface area contributed by atoms with Crippen molar-refractivity contribution in [3.05, 3.63) is 34.5 Å². The number of carbonyl (C=O) groups is 1. The Hall–Kier alpha value is -1.91. The van der Waals surface area contributed by atoms with Gasteiger partial charge in [-0.1, -0.05) is 0 Å². The van der Waals surface area contributed by atoms with Crippen molar-refractivity contribution in [2.24, 2.45) is 5.73 Å². The summed E-state index contributed by atoms with van der Waals surface area (Å²) in [5.41, 5.74) is 5.04. The first kappa shape index (κ1) is 8.19. The summed E-state index contributed by atoms with van der Waals surface area (Å²) >= 11 is 0. The monoisotopic (exact) mass is 165 g/mol. The van der Waals surface area contributed by atoms with Crippen molar-refractivity contribution in [2.45, 2.75) is 0 Å². The van der Waals surface area contributed by atoms with Gasteiger partial charge in [-0.3, -0.25) is 9.59 Å². The predicted molar refractivity (Wildman–Crippen MR) is 43.1 cm³/mol. The fraction of sp³-hybridized carbons (Fsp3) is 0. The van der Waals surface area contributed by atoms with Crippen LogP contribution in [0.1, 0.15) is 5.69 Å². The highest BCUT2D eigenvalue weighted by molar-refractivity contribution is 5.89. The van der Waals surface area contributed by atoms with Crippen molar-refractivity contribution >= 4 is 12.0 Å². The van der Waals surface area contributed by atoms with Gasteiger partial charge < -0.3 is 10.7 Å². The van der Waals surface area contributed by atoms with E-state index in [1.807, 2.05) is 0 Å². The number of primary amides is 1. The van der Waals surface area contributed by atoms with Crippen molar-refractivity contribution in [3.63, 3.8) is 0 Å². The molecule has 0 aliphatic carbocycles. The summed E-state index contributed by atoms with van der Waals surface area (Å²) in [4.78, 5) is 26.9. The number of aromatic nitrogens is 2. The minimum absolute atomic E-state index is 0.286. The van der Waals surface area contributed by atoms with Gasteiger partial charge in [-0.05, 0) is 6.08 Å². The molecule has 0 fully saturated rings. The number of hydrogen-bond donors (Lipinski definition) is 2. The molecule has 1 heterocycles. The van der Waals surface area contributed by atoms with E-state index < -0.39 is 5.91 Å². The number of H-pyrrole nitrogens is 1. The molecule has 1 amide bonds. The zero-order chi connectivity index (χ0) is 8.97. The summed E-state index contributed by atoms with van der Waals surface area (Å²) in [7, 11) is 0. The molecule has 1 aromatic heterocycles. The molecule has 62 valence electrons. The number of amides is 1. The number of nitrogens with one attached hydrogen (secondary N) is 1. The van der Waals surface area contributed by atoms with E-state index >= 15 is 0 Å². The van der Waals surface area contributed by atoms with E-state index in [1.165, 1.54) is 18.3 Å². The molecule has 1 aromatic rings. The summed E-state index contributed by atoms with van der Waals surface area (Å²) in [6.07, 6.45) is 5.10. The summed E-state index contributed by atoms with van der Waals surface area (Å²) in [5.74, 6) is -0.553. The minimum atomic E-state index is -0.553. The Morgan fingerprint density at radius 3 is 2.92 bits per heavy atom. The maximum atomic E-state index is 10.5. The molecule has 0 saturated carbocycles. The van der Waals surface area contributed by atoms with Crippen LogP contribution < -0.4 is 11.3 Å². The first-order valence-corrected chi connectivity index (χ1v) is 3.21. The highest BCUT2D eigenvalue weighted by Crippen LogP contribution is 1.90. The number of nitrogens with two attached hydrogens (primary N) is 1. The van der Waals surface area contributed by atoms with Crippen molar-refractivity contribution in [1.29, 1.82) is 0 Å². The fourth-order valence-corrected chi connectivity index (χ4v) is 0.611. The van der Waals surface area contributed by atoms with Gasteiger partial charge in [0.15, 0.2) is 0 Å². The number of carbonyl (C=O) groups excluding carboxylic acids is 1. The molecule has 0 radical (unpaired) electrons. The van der Waals surface area contributed by atoms with E-state index in [1.54, 1.807) is 0 Å². The Labute approximate surface area is 67.9 Å². The van der Waals surface area contributed by atoms with Crippen LogP contribution in [-0.4, -0.2) is 15.9 Å². The molecular weight excluding hydrogens is 158 g/mol. The standard InChI is InChI=1S/C7H7N3O2/c8-6(11)2-1-5-3-10-7(12)4-9-5/h1-4H,(H2,8,11)(H,10,12). The maximum Gasteiger partial charge on any atom is 0.266 e. The summed E-state index contributed by atoms with van der Waals surface area (Å²) in [6.45, 7) is 0. The third-order valence-corrected chi connectivity index (χ3v) is 1.11. The zero-order valence-electron chi connectivity index (χ0n) is 6.15. The van der Waals surface area contributed by atoms with Gasteiger partial charge in [0, 0.05) is 12.3 Å². The largest absolute Gasteiger partial charge is 0.366 e. The lowest BCUT2D eigenvalue weighted by Crippen LogP contribution is -2.06. The normalized spacial score (nSPS) is 10.3. The van der Waals surface area contributed by atoms with Crippen molar-refractivity contribution in [1.82, 2.24) is 9.97 Å². The average molecular weight is 165 g/mol. The van der Waals surface area contributed by atoms with E-state index in [0.29, 0.717) is 5.69 Å². The number of aromatic amines is 1. The van der Waals surface area contributed by atoms with E-state index in [-0.39, 0.29) is 5.56 Å². The lowest BCUT2D eigenvalue weighted by Gasteiger charge is -1.87. The van der Waals surface area contributed by atoms with E-state index in [2.05, 4.69) is 9.97 Å². The highest BCUT2D eigenvalue weighted by Gasteiger charge is 1.88. The van der Waals surface area contributed by atoms with Crippen LogP contribution in [-0.2, 0) is 4.79 Å². The maximum absolute atomic E-state index is 10.5. The molecule has 5 heteroatoms. The summed E-state index contributed by atoms with van der Waals surface area (Å²) in [6, 6.07) is 0. The molecule has 0 aromatic carbocycles. The summed E-state index contributed by atoms with van der Waals surface area (Å²) in [5, 5.41) is 0. The molecule has 1 rings (SSSR count). The van der Waals surface area contributed by atoms with E-state index in [4.69, 9.17) is 5.73 Å². The lowest BCUT2D eigenvalue weighted by molar-refractivity contribution is -0.113. The lowest BCUT2D eigenvalue weighted by atomic mass is 10.4. The van der Waals surface area contributed by atoms with Crippen molar-refractivity contribution < 1.29 is 4.79 Å².